The molecule has 1 aliphatic heterocycles. The maximum absolute atomic E-state index is 12.7. The molecular weight excluding hydrogens is 310 g/mol. The number of nitrogens with one attached hydrogen (secondary N) is 1. The first-order valence-electron chi connectivity index (χ1n) is 7.82. The van der Waals surface area contributed by atoms with Gasteiger partial charge in [-0.1, -0.05) is 0 Å². The third-order valence-corrected chi connectivity index (χ3v) is 3.83. The molecule has 9 nitrogen and oxygen atoms in total. The molecule has 3 heterocycles. The van der Waals surface area contributed by atoms with Gasteiger partial charge in [-0.2, -0.15) is 5.10 Å². The van der Waals surface area contributed by atoms with Crippen LogP contribution in [0.25, 0.3) is 5.82 Å². The summed E-state index contributed by atoms with van der Waals surface area (Å²) < 4.78 is 1.50. The Bertz CT molecular complexity index is 708. The molecule has 0 radical (unpaired) electrons. The van der Waals surface area contributed by atoms with E-state index in [1.54, 1.807) is 28.1 Å². The zero-order chi connectivity index (χ0) is 16.9. The lowest BCUT2D eigenvalue weighted by molar-refractivity contribution is 0.0665. The molecule has 0 aromatic carbocycles. The summed E-state index contributed by atoms with van der Waals surface area (Å²) in [4.78, 5) is 36.0. The second-order valence-corrected chi connectivity index (χ2v) is 5.36. The number of urea groups is 1. The van der Waals surface area contributed by atoms with Crippen LogP contribution in [0.2, 0.25) is 0 Å². The largest absolute Gasteiger partial charge is 0.338 e. The Morgan fingerprint density at radius 3 is 2.62 bits per heavy atom. The van der Waals surface area contributed by atoms with Gasteiger partial charge in [-0.05, 0) is 19.1 Å². The Balaban J connectivity index is 1.66. The number of carbonyl (C=O) groups is 2. The van der Waals surface area contributed by atoms with E-state index in [4.69, 9.17) is 0 Å². The number of piperazine rings is 1. The van der Waals surface area contributed by atoms with Crippen molar-refractivity contribution >= 4 is 11.9 Å². The highest BCUT2D eigenvalue weighted by molar-refractivity contribution is 5.94. The van der Waals surface area contributed by atoms with E-state index >= 15 is 0 Å². The summed E-state index contributed by atoms with van der Waals surface area (Å²) in [5.74, 6) is 0.466. The van der Waals surface area contributed by atoms with Crippen LogP contribution in [0.15, 0.2) is 31.0 Å². The zero-order valence-electron chi connectivity index (χ0n) is 13.4. The van der Waals surface area contributed by atoms with Gasteiger partial charge in [0.05, 0.1) is 0 Å². The topological polar surface area (TPSA) is 96.2 Å². The predicted octanol–water partition coefficient (Wildman–Crippen LogP) is 0.150. The van der Waals surface area contributed by atoms with Gasteiger partial charge < -0.3 is 15.1 Å². The van der Waals surface area contributed by atoms with E-state index in [1.807, 2.05) is 6.92 Å². The Labute approximate surface area is 139 Å². The number of carbonyl (C=O) groups excluding carboxylic acids is 2. The van der Waals surface area contributed by atoms with E-state index in [9.17, 15) is 9.59 Å². The fraction of sp³-hybridized carbons (Fsp3) is 0.400. The molecule has 1 fully saturated rings. The summed E-state index contributed by atoms with van der Waals surface area (Å²) in [7, 11) is 0. The van der Waals surface area contributed by atoms with Gasteiger partial charge in [0.25, 0.3) is 5.91 Å². The third kappa shape index (κ3) is 3.34. The van der Waals surface area contributed by atoms with Crippen molar-refractivity contribution in [3.63, 3.8) is 0 Å². The van der Waals surface area contributed by atoms with Gasteiger partial charge in [-0.15, -0.1) is 0 Å². The molecule has 1 N–H and O–H groups in total. The number of pyridine rings is 1. The molecule has 0 spiro atoms. The van der Waals surface area contributed by atoms with Crippen molar-refractivity contribution < 1.29 is 9.59 Å². The lowest BCUT2D eigenvalue weighted by Gasteiger charge is -2.34. The summed E-state index contributed by atoms with van der Waals surface area (Å²) in [5.41, 5.74) is 0.543. The molecule has 0 aliphatic carbocycles. The van der Waals surface area contributed by atoms with E-state index in [-0.39, 0.29) is 11.9 Å². The highest BCUT2D eigenvalue weighted by Gasteiger charge is 2.24. The fourth-order valence-corrected chi connectivity index (χ4v) is 2.56. The highest BCUT2D eigenvalue weighted by atomic mass is 16.2. The monoisotopic (exact) mass is 329 g/mol. The number of nitrogens with zero attached hydrogens (tertiary/aromatic N) is 6. The van der Waals surface area contributed by atoms with Crippen LogP contribution in [-0.4, -0.2) is 74.2 Å². The van der Waals surface area contributed by atoms with E-state index < -0.39 is 0 Å². The van der Waals surface area contributed by atoms with Gasteiger partial charge in [-0.25, -0.2) is 19.4 Å². The van der Waals surface area contributed by atoms with E-state index in [2.05, 4.69) is 20.4 Å². The minimum Gasteiger partial charge on any atom is -0.338 e. The van der Waals surface area contributed by atoms with Crippen LogP contribution in [0.1, 0.15) is 17.3 Å². The average molecular weight is 329 g/mol. The van der Waals surface area contributed by atoms with Crippen LogP contribution >= 0.6 is 0 Å². The molecule has 24 heavy (non-hydrogen) atoms. The molecule has 9 heteroatoms. The van der Waals surface area contributed by atoms with Crippen LogP contribution in [0.3, 0.4) is 0 Å². The van der Waals surface area contributed by atoms with Crippen molar-refractivity contribution in [2.45, 2.75) is 6.92 Å². The Hall–Kier alpha value is -2.97. The maximum Gasteiger partial charge on any atom is 0.317 e. The summed E-state index contributed by atoms with van der Waals surface area (Å²) >= 11 is 0. The van der Waals surface area contributed by atoms with Gasteiger partial charge in [0.1, 0.15) is 12.7 Å². The van der Waals surface area contributed by atoms with Crippen molar-refractivity contribution in [1.82, 2.24) is 34.9 Å². The number of aromatic nitrogens is 4. The van der Waals surface area contributed by atoms with E-state index in [1.165, 1.54) is 17.3 Å². The minimum atomic E-state index is -0.0815. The normalized spacial score (nSPS) is 14.5. The first kappa shape index (κ1) is 15.9. The van der Waals surface area contributed by atoms with Crippen molar-refractivity contribution in [3.05, 3.63) is 36.5 Å². The molecule has 1 saturated heterocycles. The number of hydrogen-bond acceptors (Lipinski definition) is 5. The molecule has 0 saturated carbocycles. The predicted molar refractivity (Wildman–Crippen MR) is 85.7 cm³/mol. The minimum absolute atomic E-state index is 0.0747. The second kappa shape index (κ2) is 7.07. The molecule has 126 valence electrons. The first-order chi connectivity index (χ1) is 11.7. The van der Waals surface area contributed by atoms with Gasteiger partial charge in [0.2, 0.25) is 0 Å². The molecule has 0 bridgehead atoms. The molecule has 0 unspecified atom stereocenters. The van der Waals surface area contributed by atoms with Crippen molar-refractivity contribution in [2.24, 2.45) is 0 Å². The Morgan fingerprint density at radius 1 is 1.21 bits per heavy atom. The zero-order valence-corrected chi connectivity index (χ0v) is 13.4. The van der Waals surface area contributed by atoms with E-state index in [0.717, 1.165) is 0 Å². The smallest absolute Gasteiger partial charge is 0.317 e. The molecule has 2 aromatic heterocycles. The SMILES string of the molecule is CCNC(=O)N1CCN(C(=O)c2ccnc(-n3cncn3)c2)CC1. The van der Waals surface area contributed by atoms with Crippen molar-refractivity contribution in [3.8, 4) is 5.82 Å². The quantitative estimate of drug-likeness (QED) is 0.865. The molecule has 2 aromatic rings. The molecule has 3 rings (SSSR count). The number of hydrogen-bond donors (Lipinski definition) is 1. The van der Waals surface area contributed by atoms with Gasteiger partial charge in [-0.3, -0.25) is 4.79 Å². The molecular formula is C15H19N7O2. The van der Waals surface area contributed by atoms with Crippen molar-refractivity contribution in [1.29, 1.82) is 0 Å². The first-order valence-corrected chi connectivity index (χ1v) is 7.82. The molecule has 0 atom stereocenters. The summed E-state index contributed by atoms with van der Waals surface area (Å²) in [6.45, 7) is 4.55. The highest BCUT2D eigenvalue weighted by Crippen LogP contribution is 2.11. The average Bonchev–Trinajstić information content (AvgIpc) is 3.16. The van der Waals surface area contributed by atoms with E-state index in [0.29, 0.717) is 44.1 Å². The number of rotatable bonds is 3. The Kier molecular flexibility index (Phi) is 4.69. The van der Waals surface area contributed by atoms with Crippen LogP contribution in [0, 0.1) is 0 Å². The van der Waals surface area contributed by atoms with Crippen LogP contribution in [-0.2, 0) is 0 Å². The second-order valence-electron chi connectivity index (χ2n) is 5.36. The van der Waals surface area contributed by atoms with Gasteiger partial charge >= 0.3 is 6.03 Å². The number of amides is 3. The fourth-order valence-electron chi connectivity index (χ4n) is 2.56. The molecule has 1 aliphatic rings. The van der Waals surface area contributed by atoms with Gasteiger partial charge in [0, 0.05) is 44.5 Å². The summed E-state index contributed by atoms with van der Waals surface area (Å²) in [5, 5.41) is 6.79. The third-order valence-electron chi connectivity index (χ3n) is 3.83. The standard InChI is InChI=1S/C15H19N7O2/c1-2-17-15(24)21-7-5-20(6-8-21)14(23)12-3-4-18-13(9-12)22-11-16-10-19-22/h3-4,9-11H,2,5-8H2,1H3,(H,17,24). The summed E-state index contributed by atoms with van der Waals surface area (Å²) in [6, 6.07) is 3.29. The van der Waals surface area contributed by atoms with Crippen LogP contribution in [0.5, 0.6) is 0 Å². The van der Waals surface area contributed by atoms with Gasteiger partial charge in [0.15, 0.2) is 5.82 Å². The van der Waals surface area contributed by atoms with Crippen molar-refractivity contribution in [2.75, 3.05) is 32.7 Å². The maximum atomic E-state index is 12.7. The lowest BCUT2D eigenvalue weighted by Crippen LogP contribution is -2.53. The Morgan fingerprint density at radius 2 is 1.96 bits per heavy atom. The van der Waals surface area contributed by atoms with Crippen LogP contribution < -0.4 is 5.32 Å². The van der Waals surface area contributed by atoms with Crippen LogP contribution in [0.4, 0.5) is 4.79 Å². The lowest BCUT2D eigenvalue weighted by atomic mass is 10.2. The molecule has 3 amide bonds. The summed E-state index contributed by atoms with van der Waals surface area (Å²) in [6.07, 6.45) is 4.52.